The van der Waals surface area contributed by atoms with Crippen molar-refractivity contribution in [3.05, 3.63) is 41.7 Å². The summed E-state index contributed by atoms with van der Waals surface area (Å²) >= 11 is 0. The Bertz CT molecular complexity index is 2170. The maximum Gasteiger partial charge on any atom is 0.472 e. The quantitative estimate of drug-likeness (QED) is 0.142. The molecule has 2 bridgehead atoms. The van der Waals surface area contributed by atoms with E-state index in [-0.39, 0.29) is 33.9 Å². The van der Waals surface area contributed by atoms with Crippen molar-refractivity contribution >= 4 is 49.6 Å². The molecular formula is C22H23FN10O12P2. The fourth-order valence-electron chi connectivity index (χ4n) is 5.73. The van der Waals surface area contributed by atoms with Gasteiger partial charge in [0.05, 0.1) is 25.9 Å². The third-order valence-electron chi connectivity index (χ3n) is 7.89. The van der Waals surface area contributed by atoms with Gasteiger partial charge in [0.2, 0.25) is 5.78 Å². The Morgan fingerprint density at radius 3 is 2.34 bits per heavy atom. The number of phosphoric ester groups is 2. The molecule has 3 fully saturated rings. The van der Waals surface area contributed by atoms with Gasteiger partial charge in [-0.05, 0) is 0 Å². The van der Waals surface area contributed by atoms with Gasteiger partial charge in [0.1, 0.15) is 42.4 Å². The molecule has 2 unspecified atom stereocenters. The van der Waals surface area contributed by atoms with Crippen LogP contribution in [-0.2, 0) is 36.7 Å². The van der Waals surface area contributed by atoms with E-state index in [0.717, 1.165) is 12.7 Å². The summed E-state index contributed by atoms with van der Waals surface area (Å²) in [6, 6.07) is 0. The monoisotopic (exact) mass is 700 g/mol. The smallest absolute Gasteiger partial charge is 0.386 e. The molecule has 22 nitrogen and oxygen atoms in total. The summed E-state index contributed by atoms with van der Waals surface area (Å²) in [4.78, 5) is 57.3. The molecule has 250 valence electrons. The van der Waals surface area contributed by atoms with Gasteiger partial charge in [0, 0.05) is 12.4 Å². The molecule has 6 N–H and O–H groups in total. The van der Waals surface area contributed by atoms with Crippen molar-refractivity contribution in [1.82, 2.24) is 43.4 Å². The zero-order valence-corrected chi connectivity index (χ0v) is 25.2. The largest absolute Gasteiger partial charge is 0.472 e. The highest BCUT2D eigenvalue weighted by atomic mass is 31.2. The van der Waals surface area contributed by atoms with Crippen molar-refractivity contribution in [2.24, 2.45) is 0 Å². The molecule has 47 heavy (non-hydrogen) atoms. The number of aromatic nitrogens is 9. The fourth-order valence-corrected chi connectivity index (χ4v) is 7.62. The number of aromatic amines is 1. The molecule has 8 heterocycles. The Kier molecular flexibility index (Phi) is 7.10. The average Bonchev–Trinajstić information content (AvgIpc) is 3.85. The van der Waals surface area contributed by atoms with E-state index >= 15 is 4.39 Å². The number of ether oxygens (including phenoxy) is 2. The lowest BCUT2D eigenvalue weighted by molar-refractivity contribution is -0.0671. The van der Waals surface area contributed by atoms with Crippen LogP contribution in [0.5, 0.6) is 0 Å². The normalized spacial score (nSPS) is 36.8. The van der Waals surface area contributed by atoms with Crippen molar-refractivity contribution in [2.45, 2.75) is 49.1 Å². The van der Waals surface area contributed by atoms with Crippen molar-refractivity contribution in [3.8, 4) is 0 Å². The van der Waals surface area contributed by atoms with Crippen LogP contribution < -0.4 is 11.3 Å². The number of nitrogen functional groups attached to an aromatic ring is 1. The highest BCUT2D eigenvalue weighted by molar-refractivity contribution is 7.47. The second-order valence-electron chi connectivity index (χ2n) is 10.7. The van der Waals surface area contributed by atoms with Gasteiger partial charge in [-0.3, -0.25) is 36.4 Å². The van der Waals surface area contributed by atoms with Crippen LogP contribution in [0.25, 0.3) is 28.1 Å². The second-order valence-corrected chi connectivity index (χ2v) is 13.5. The number of halogens is 1. The van der Waals surface area contributed by atoms with Gasteiger partial charge in [-0.1, -0.05) is 0 Å². The Balaban J connectivity index is 1.12. The van der Waals surface area contributed by atoms with E-state index in [1.54, 1.807) is 0 Å². The standard InChI is InChI=1S/C22H23FN10O12P2/c23-10-8-3-40-46(36,37)44-14-9(43-20(13(14)34)33-7-29-12-18(33)30-22-25-1-2-31(22)19(12)35)4-41-47(38,39)45-15(10)21(42-8)32-6-28-11-16(24)26-5-27-17(11)32/h1-2,5-10,13-15,20-21,34H,3-4H2,(H,25,30)(H,36,37)(H,38,39)(H2,24,26,27)/t8-,9-,10+,13-,14-,15-,20-,21-/m1/s1. The lowest BCUT2D eigenvalue weighted by Gasteiger charge is -2.25. The minimum Gasteiger partial charge on any atom is -0.386 e. The minimum absolute atomic E-state index is 0.00593. The number of rotatable bonds is 2. The first-order valence-corrected chi connectivity index (χ1v) is 16.7. The first kappa shape index (κ1) is 30.6. The Hall–Kier alpha value is -3.73. The zero-order valence-electron chi connectivity index (χ0n) is 23.4. The first-order chi connectivity index (χ1) is 22.4. The average molecular weight is 700 g/mol. The summed E-state index contributed by atoms with van der Waals surface area (Å²) < 4.78 is 77.9. The van der Waals surface area contributed by atoms with E-state index in [1.807, 2.05) is 0 Å². The van der Waals surface area contributed by atoms with Crippen molar-refractivity contribution in [1.29, 1.82) is 0 Å². The predicted octanol–water partition coefficient (Wildman–Crippen LogP) is -0.694. The van der Waals surface area contributed by atoms with E-state index in [2.05, 4.69) is 29.9 Å². The number of anilines is 1. The Labute approximate surface area is 259 Å². The third kappa shape index (κ3) is 5.07. The number of aliphatic hydroxyl groups is 1. The van der Waals surface area contributed by atoms with Crippen LogP contribution in [0.4, 0.5) is 10.2 Å². The molecule has 0 aromatic carbocycles. The molecule has 5 aromatic heterocycles. The first-order valence-electron chi connectivity index (χ1n) is 13.7. The number of phosphoric acid groups is 2. The highest BCUT2D eigenvalue weighted by Gasteiger charge is 2.54. The minimum atomic E-state index is -5.17. The number of nitrogens with zero attached hydrogens (tertiary/aromatic N) is 8. The van der Waals surface area contributed by atoms with Crippen LogP contribution in [0.1, 0.15) is 12.5 Å². The number of H-pyrrole nitrogens is 1. The predicted molar refractivity (Wildman–Crippen MR) is 149 cm³/mol. The lowest BCUT2D eigenvalue weighted by Crippen LogP contribution is -2.36. The van der Waals surface area contributed by atoms with Crippen LogP contribution in [0, 0.1) is 0 Å². The number of aliphatic hydroxyl groups excluding tert-OH is 1. The number of hydrogen-bond acceptors (Lipinski definition) is 16. The summed E-state index contributed by atoms with van der Waals surface area (Å²) in [5.74, 6) is 0.139. The number of alkyl halides is 1. The summed E-state index contributed by atoms with van der Waals surface area (Å²) in [5.41, 5.74) is 5.38. The number of fused-ring (bicyclic) bond motifs is 6. The van der Waals surface area contributed by atoms with Gasteiger partial charge in [-0.25, -0.2) is 33.5 Å². The third-order valence-corrected chi connectivity index (χ3v) is 9.86. The van der Waals surface area contributed by atoms with Crippen LogP contribution in [0.15, 0.2) is 36.2 Å². The number of nitrogens with two attached hydrogens (primary N) is 1. The summed E-state index contributed by atoms with van der Waals surface area (Å²) in [6.07, 6.45) is -7.41. The molecular weight excluding hydrogens is 677 g/mol. The second kappa shape index (κ2) is 10.9. The molecule has 0 amide bonds. The van der Waals surface area contributed by atoms with Gasteiger partial charge in [0.25, 0.3) is 5.56 Å². The molecule has 0 radical (unpaired) electrons. The molecule has 3 aliphatic rings. The molecule has 25 heteroatoms. The Morgan fingerprint density at radius 2 is 1.57 bits per heavy atom. The SMILES string of the molecule is Nc1ncnc2c1ncn2[C@@H]1O[C@@H]2COP(=O)(O)O[C@H]3[C@@H](O)[C@H](n4cnc5c(=O)n6cc[nH]c6nc54)O[C@@H]3COP(=O)(O)O[C@@H]1[C@H]2F. The fraction of sp³-hybridized carbons (Fsp3) is 0.455. The van der Waals surface area contributed by atoms with Gasteiger partial charge in [-0.2, -0.15) is 4.98 Å². The highest BCUT2D eigenvalue weighted by Crippen LogP contribution is 2.54. The molecule has 0 saturated carbocycles. The molecule has 10 atom stereocenters. The summed E-state index contributed by atoms with van der Waals surface area (Å²) in [7, 11) is -10.3. The molecule has 3 aliphatic heterocycles. The van der Waals surface area contributed by atoms with Crippen LogP contribution in [0.2, 0.25) is 0 Å². The topological polar surface area (TPSA) is 288 Å². The molecule has 8 rings (SSSR count). The molecule has 5 aromatic rings. The summed E-state index contributed by atoms with van der Waals surface area (Å²) in [5, 5.41) is 11.2. The number of imidazole rings is 3. The molecule has 3 saturated heterocycles. The van der Waals surface area contributed by atoms with Gasteiger partial charge >= 0.3 is 15.6 Å². The maximum absolute atomic E-state index is 15.7. The van der Waals surface area contributed by atoms with E-state index in [9.17, 15) is 28.8 Å². The van der Waals surface area contributed by atoms with Crippen molar-refractivity contribution < 1.29 is 56.0 Å². The lowest BCUT2D eigenvalue weighted by atomic mass is 10.1. The van der Waals surface area contributed by atoms with Crippen LogP contribution in [-0.4, -0.2) is 108 Å². The molecule has 0 aliphatic carbocycles. The van der Waals surface area contributed by atoms with Crippen LogP contribution >= 0.6 is 15.6 Å². The Morgan fingerprint density at radius 1 is 0.915 bits per heavy atom. The summed E-state index contributed by atoms with van der Waals surface area (Å²) in [6.45, 7) is -1.79. The maximum atomic E-state index is 15.7. The van der Waals surface area contributed by atoms with Gasteiger partial charge in [0.15, 0.2) is 41.3 Å². The number of hydrogen-bond donors (Lipinski definition) is 5. The zero-order chi connectivity index (χ0) is 32.8. The molecule has 0 spiro atoms. The van der Waals surface area contributed by atoms with Crippen molar-refractivity contribution in [2.75, 3.05) is 18.9 Å². The van der Waals surface area contributed by atoms with Crippen molar-refractivity contribution in [3.63, 3.8) is 0 Å². The van der Waals surface area contributed by atoms with E-state index < -0.39 is 83.6 Å². The van der Waals surface area contributed by atoms with Gasteiger partial charge < -0.3 is 35.1 Å². The van der Waals surface area contributed by atoms with Gasteiger partial charge in [-0.15, -0.1) is 0 Å². The van der Waals surface area contributed by atoms with E-state index in [1.165, 1.54) is 32.3 Å². The van der Waals surface area contributed by atoms with Crippen LogP contribution in [0.3, 0.4) is 0 Å². The number of nitrogens with one attached hydrogen (secondary N) is 1. The van der Waals surface area contributed by atoms with E-state index in [0.29, 0.717) is 0 Å². The van der Waals surface area contributed by atoms with E-state index in [4.69, 9.17) is 33.3 Å².